The minimum absolute atomic E-state index is 0.123. The standard InChI is InChI=1S/C17H35NO/c1-7-13(3)12-18(8-2)15-11-14(17(4,5)6)9-10-16(15)19/h13-16,19H,7-12H2,1-6H3. The molecule has 4 atom stereocenters. The third-order valence-electron chi connectivity index (χ3n) is 5.12. The van der Waals surface area contributed by atoms with E-state index >= 15 is 0 Å². The van der Waals surface area contributed by atoms with Crippen LogP contribution in [0.15, 0.2) is 0 Å². The van der Waals surface area contributed by atoms with Gasteiger partial charge in [-0.15, -0.1) is 0 Å². The van der Waals surface area contributed by atoms with E-state index in [1.54, 1.807) is 0 Å². The Morgan fingerprint density at radius 1 is 1.21 bits per heavy atom. The van der Waals surface area contributed by atoms with E-state index in [1.165, 1.54) is 12.8 Å². The van der Waals surface area contributed by atoms with Crippen molar-refractivity contribution in [3.63, 3.8) is 0 Å². The lowest BCUT2D eigenvalue weighted by Crippen LogP contribution is -2.50. The highest BCUT2D eigenvalue weighted by Crippen LogP contribution is 2.39. The predicted octanol–water partition coefficient (Wildman–Crippen LogP) is 3.93. The lowest BCUT2D eigenvalue weighted by Gasteiger charge is -2.45. The van der Waals surface area contributed by atoms with Gasteiger partial charge in [0.1, 0.15) is 0 Å². The summed E-state index contributed by atoms with van der Waals surface area (Å²) in [6.45, 7) is 16.0. The van der Waals surface area contributed by atoms with Crippen LogP contribution in [0.1, 0.15) is 67.2 Å². The summed E-state index contributed by atoms with van der Waals surface area (Å²) in [4.78, 5) is 2.52. The molecule has 1 saturated carbocycles. The van der Waals surface area contributed by atoms with Crippen molar-refractivity contribution < 1.29 is 5.11 Å². The van der Waals surface area contributed by atoms with E-state index < -0.39 is 0 Å². The second-order valence-electron chi connectivity index (χ2n) is 7.61. The van der Waals surface area contributed by atoms with E-state index in [9.17, 15) is 5.11 Å². The van der Waals surface area contributed by atoms with Crippen molar-refractivity contribution in [3.8, 4) is 0 Å². The van der Waals surface area contributed by atoms with Crippen LogP contribution in [-0.4, -0.2) is 35.2 Å². The molecule has 114 valence electrons. The molecule has 0 aromatic heterocycles. The molecule has 0 aromatic carbocycles. The molecule has 0 spiro atoms. The van der Waals surface area contributed by atoms with Crippen molar-refractivity contribution in [2.45, 2.75) is 79.4 Å². The zero-order valence-corrected chi connectivity index (χ0v) is 13.9. The van der Waals surface area contributed by atoms with Gasteiger partial charge >= 0.3 is 0 Å². The molecule has 2 heteroatoms. The van der Waals surface area contributed by atoms with Crippen LogP contribution in [0.2, 0.25) is 0 Å². The average molecular weight is 269 g/mol. The van der Waals surface area contributed by atoms with Crippen LogP contribution < -0.4 is 0 Å². The summed E-state index contributed by atoms with van der Waals surface area (Å²) in [5.41, 5.74) is 0.369. The van der Waals surface area contributed by atoms with E-state index in [-0.39, 0.29) is 6.10 Å². The lowest BCUT2D eigenvalue weighted by atomic mass is 9.70. The third-order valence-corrected chi connectivity index (χ3v) is 5.12. The Balaban J connectivity index is 2.71. The van der Waals surface area contributed by atoms with Gasteiger partial charge in [-0.3, -0.25) is 4.90 Å². The van der Waals surface area contributed by atoms with Gasteiger partial charge in [0.25, 0.3) is 0 Å². The van der Waals surface area contributed by atoms with Gasteiger partial charge in [0.05, 0.1) is 6.10 Å². The van der Waals surface area contributed by atoms with E-state index in [1.807, 2.05) is 0 Å². The summed E-state index contributed by atoms with van der Waals surface area (Å²) >= 11 is 0. The van der Waals surface area contributed by atoms with Gasteiger partial charge < -0.3 is 5.11 Å². The molecule has 1 aliphatic rings. The molecule has 19 heavy (non-hydrogen) atoms. The Morgan fingerprint density at radius 3 is 2.32 bits per heavy atom. The number of likely N-dealkylation sites (N-methyl/N-ethyl adjacent to an activating group) is 1. The number of hydrogen-bond acceptors (Lipinski definition) is 2. The number of aliphatic hydroxyl groups excluding tert-OH is 1. The zero-order chi connectivity index (χ0) is 14.6. The van der Waals surface area contributed by atoms with Crippen molar-refractivity contribution in [3.05, 3.63) is 0 Å². The van der Waals surface area contributed by atoms with Gasteiger partial charge in [0.15, 0.2) is 0 Å². The average Bonchev–Trinajstić information content (AvgIpc) is 2.35. The minimum Gasteiger partial charge on any atom is -0.391 e. The fourth-order valence-corrected chi connectivity index (χ4v) is 3.34. The molecule has 0 aliphatic heterocycles. The van der Waals surface area contributed by atoms with Gasteiger partial charge in [0.2, 0.25) is 0 Å². The first kappa shape index (κ1) is 17.0. The Bertz CT molecular complexity index is 258. The van der Waals surface area contributed by atoms with Crippen LogP contribution >= 0.6 is 0 Å². The third kappa shape index (κ3) is 4.75. The summed E-state index contributed by atoms with van der Waals surface area (Å²) in [6.07, 6.45) is 4.42. The summed E-state index contributed by atoms with van der Waals surface area (Å²) in [5.74, 6) is 1.47. The Kier molecular flexibility index (Phi) is 6.32. The molecule has 0 saturated heterocycles. The normalized spacial score (nSPS) is 30.6. The highest BCUT2D eigenvalue weighted by Gasteiger charge is 2.37. The first-order chi connectivity index (χ1) is 8.79. The molecule has 0 bridgehead atoms. The molecule has 0 radical (unpaired) electrons. The van der Waals surface area contributed by atoms with E-state index in [2.05, 4.69) is 46.4 Å². The highest BCUT2D eigenvalue weighted by molar-refractivity contribution is 4.90. The van der Waals surface area contributed by atoms with Gasteiger partial charge in [-0.25, -0.2) is 0 Å². The summed E-state index contributed by atoms with van der Waals surface area (Å²) in [7, 11) is 0. The van der Waals surface area contributed by atoms with E-state index in [0.717, 1.165) is 37.8 Å². The molecule has 4 unspecified atom stereocenters. The lowest BCUT2D eigenvalue weighted by molar-refractivity contribution is -0.0197. The maximum Gasteiger partial charge on any atom is 0.0695 e. The molecular formula is C17H35NO. The number of rotatable bonds is 5. The Hall–Kier alpha value is -0.0800. The minimum atomic E-state index is -0.123. The monoisotopic (exact) mass is 269 g/mol. The van der Waals surface area contributed by atoms with Crippen molar-refractivity contribution in [1.82, 2.24) is 4.90 Å². The molecule has 0 aromatic rings. The highest BCUT2D eigenvalue weighted by atomic mass is 16.3. The van der Waals surface area contributed by atoms with Gasteiger partial charge in [0, 0.05) is 12.6 Å². The first-order valence-corrected chi connectivity index (χ1v) is 8.21. The van der Waals surface area contributed by atoms with Crippen molar-refractivity contribution in [2.75, 3.05) is 13.1 Å². The van der Waals surface area contributed by atoms with Crippen LogP contribution in [0.3, 0.4) is 0 Å². The van der Waals surface area contributed by atoms with Gasteiger partial charge in [-0.2, -0.15) is 0 Å². The number of nitrogens with zero attached hydrogens (tertiary/aromatic N) is 1. The second kappa shape index (κ2) is 7.08. The van der Waals surface area contributed by atoms with Crippen molar-refractivity contribution in [2.24, 2.45) is 17.3 Å². The first-order valence-electron chi connectivity index (χ1n) is 8.21. The molecule has 1 rings (SSSR count). The van der Waals surface area contributed by atoms with Crippen LogP contribution in [0.5, 0.6) is 0 Å². The van der Waals surface area contributed by atoms with E-state index in [0.29, 0.717) is 11.5 Å². The van der Waals surface area contributed by atoms with Crippen molar-refractivity contribution >= 4 is 0 Å². The van der Waals surface area contributed by atoms with Crippen molar-refractivity contribution in [1.29, 1.82) is 0 Å². The van der Waals surface area contributed by atoms with Gasteiger partial charge in [-0.1, -0.05) is 48.0 Å². The molecule has 0 amide bonds. The molecule has 1 fully saturated rings. The maximum absolute atomic E-state index is 10.4. The Morgan fingerprint density at radius 2 is 1.84 bits per heavy atom. The summed E-state index contributed by atoms with van der Waals surface area (Å²) in [5, 5.41) is 10.4. The number of hydrogen-bond donors (Lipinski definition) is 1. The summed E-state index contributed by atoms with van der Waals surface area (Å²) in [6, 6.07) is 0.372. The van der Waals surface area contributed by atoms with Crippen LogP contribution in [0.4, 0.5) is 0 Å². The molecule has 1 aliphatic carbocycles. The maximum atomic E-state index is 10.4. The molecule has 2 nitrogen and oxygen atoms in total. The topological polar surface area (TPSA) is 23.5 Å². The molecule has 1 N–H and O–H groups in total. The number of aliphatic hydroxyl groups is 1. The van der Waals surface area contributed by atoms with Gasteiger partial charge in [-0.05, 0) is 43.1 Å². The second-order valence-corrected chi connectivity index (χ2v) is 7.61. The molecular weight excluding hydrogens is 234 g/mol. The molecule has 0 heterocycles. The predicted molar refractivity (Wildman–Crippen MR) is 83.3 cm³/mol. The smallest absolute Gasteiger partial charge is 0.0695 e. The van der Waals surface area contributed by atoms with E-state index in [4.69, 9.17) is 0 Å². The summed E-state index contributed by atoms with van der Waals surface area (Å²) < 4.78 is 0. The Labute approximate surface area is 120 Å². The fraction of sp³-hybridized carbons (Fsp3) is 1.00. The SMILES string of the molecule is CCC(C)CN(CC)C1CC(C(C)(C)C)CCC1O. The zero-order valence-electron chi connectivity index (χ0n) is 13.9. The largest absolute Gasteiger partial charge is 0.391 e. The van der Waals surface area contributed by atoms with Crippen LogP contribution in [-0.2, 0) is 0 Å². The van der Waals surface area contributed by atoms with Crippen LogP contribution in [0, 0.1) is 17.3 Å². The quantitative estimate of drug-likeness (QED) is 0.817. The van der Waals surface area contributed by atoms with Crippen LogP contribution in [0.25, 0.3) is 0 Å². The fourth-order valence-electron chi connectivity index (χ4n) is 3.34.